The highest BCUT2D eigenvalue weighted by atomic mass is 16.6. The summed E-state index contributed by atoms with van der Waals surface area (Å²) in [6.45, 7) is 6.01. The van der Waals surface area contributed by atoms with Gasteiger partial charge >= 0.3 is 6.09 Å². The topological polar surface area (TPSA) is 121 Å². The first-order valence-corrected chi connectivity index (χ1v) is 15.8. The number of aliphatic hydroxyl groups excluding tert-OH is 1. The number of hydrogen-bond acceptors (Lipinski definition) is 10. The van der Waals surface area contributed by atoms with E-state index in [0.717, 1.165) is 87.4 Å². The monoisotopic (exact) mass is 590 g/mol. The van der Waals surface area contributed by atoms with Gasteiger partial charge in [-0.2, -0.15) is 5.10 Å². The maximum atomic E-state index is 11.9. The van der Waals surface area contributed by atoms with Crippen LogP contribution in [0.5, 0.6) is 0 Å². The van der Waals surface area contributed by atoms with Crippen LogP contribution in [-0.4, -0.2) is 119 Å². The number of amides is 1. The number of aromatic nitrogens is 4. The Labute approximate surface area is 252 Å². The van der Waals surface area contributed by atoms with Crippen molar-refractivity contribution in [3.63, 3.8) is 0 Å². The number of likely N-dealkylation sites (N-methyl/N-ethyl adjacent to an activating group) is 1. The SMILES string of the molecule is CN1CCN(C2CCC(n3ncc4c(N5CC6CCC(C5)O6)nc(-c5ccc(NC(=O)OCCO)cc5)nc43)CC2)CC1. The molecule has 230 valence electrons. The van der Waals surface area contributed by atoms with Crippen LogP contribution in [0, 0.1) is 0 Å². The van der Waals surface area contributed by atoms with Gasteiger partial charge in [0.15, 0.2) is 11.5 Å². The number of hydrogen-bond donors (Lipinski definition) is 2. The fourth-order valence-corrected chi connectivity index (χ4v) is 7.19. The molecule has 2 aromatic heterocycles. The number of benzene rings is 1. The molecule has 1 saturated carbocycles. The number of piperazine rings is 1. The van der Waals surface area contributed by atoms with Gasteiger partial charge in [-0.3, -0.25) is 10.2 Å². The standard InChI is InChI=1S/C31H42N8O4/c1-36-12-14-37(15-13-36)23-6-8-24(9-7-23)39-30-27(18-32-39)29(38-19-25-10-11-26(20-38)43-25)34-28(35-30)21-2-4-22(5-3-21)33-31(41)42-17-16-40/h2-5,18,23-26,40H,6-17,19-20H2,1H3,(H,33,41). The van der Waals surface area contributed by atoms with Crippen molar-refractivity contribution in [1.82, 2.24) is 29.5 Å². The summed E-state index contributed by atoms with van der Waals surface area (Å²) in [4.78, 5) is 29.6. The van der Waals surface area contributed by atoms with Crippen molar-refractivity contribution in [2.75, 3.05) is 69.7 Å². The van der Waals surface area contributed by atoms with Crippen molar-refractivity contribution < 1.29 is 19.4 Å². The average molecular weight is 591 g/mol. The summed E-state index contributed by atoms with van der Waals surface area (Å²) in [5.74, 6) is 1.57. The summed E-state index contributed by atoms with van der Waals surface area (Å²) < 4.78 is 13.2. The molecule has 12 heteroatoms. The predicted octanol–water partition coefficient (Wildman–Crippen LogP) is 3.13. The highest BCUT2D eigenvalue weighted by molar-refractivity contribution is 5.89. The lowest BCUT2D eigenvalue weighted by atomic mass is 9.90. The first-order chi connectivity index (χ1) is 21.0. The molecule has 0 radical (unpaired) electrons. The van der Waals surface area contributed by atoms with E-state index in [1.165, 1.54) is 12.8 Å². The van der Waals surface area contributed by atoms with Gasteiger partial charge in [0, 0.05) is 56.6 Å². The fraction of sp³-hybridized carbons (Fsp3) is 0.613. The van der Waals surface area contributed by atoms with E-state index in [4.69, 9.17) is 29.6 Å². The summed E-state index contributed by atoms with van der Waals surface area (Å²) in [5, 5.41) is 17.5. The molecule has 4 aliphatic rings. The van der Waals surface area contributed by atoms with Crippen molar-refractivity contribution in [2.24, 2.45) is 0 Å². The molecule has 4 fully saturated rings. The Kier molecular flexibility index (Phi) is 8.17. The Hall–Kier alpha value is -3.32. The van der Waals surface area contributed by atoms with Gasteiger partial charge in [0.25, 0.3) is 0 Å². The van der Waals surface area contributed by atoms with Gasteiger partial charge in [-0.25, -0.2) is 19.4 Å². The molecule has 2 N–H and O–H groups in total. The van der Waals surface area contributed by atoms with Crippen LogP contribution >= 0.6 is 0 Å². The Balaban J connectivity index is 1.16. The molecule has 2 atom stereocenters. The zero-order valence-corrected chi connectivity index (χ0v) is 24.9. The summed E-state index contributed by atoms with van der Waals surface area (Å²) in [5.41, 5.74) is 2.34. The minimum atomic E-state index is -0.602. The van der Waals surface area contributed by atoms with E-state index >= 15 is 0 Å². The number of carbonyl (C=O) groups is 1. The maximum absolute atomic E-state index is 11.9. The number of nitrogens with one attached hydrogen (secondary N) is 1. The quantitative estimate of drug-likeness (QED) is 0.425. The minimum Gasteiger partial charge on any atom is -0.447 e. The van der Waals surface area contributed by atoms with Gasteiger partial charge < -0.3 is 24.4 Å². The number of rotatable bonds is 7. The molecule has 1 amide bonds. The van der Waals surface area contributed by atoms with Crippen LogP contribution in [0.15, 0.2) is 30.5 Å². The Morgan fingerprint density at radius 3 is 2.37 bits per heavy atom. The average Bonchev–Trinajstić information content (AvgIpc) is 3.62. The third-order valence-corrected chi connectivity index (χ3v) is 9.56. The van der Waals surface area contributed by atoms with Crippen LogP contribution in [0.25, 0.3) is 22.4 Å². The van der Waals surface area contributed by atoms with E-state index in [9.17, 15) is 4.79 Å². The van der Waals surface area contributed by atoms with Crippen LogP contribution < -0.4 is 10.2 Å². The highest BCUT2D eigenvalue weighted by Gasteiger charge is 2.36. The van der Waals surface area contributed by atoms with Crippen molar-refractivity contribution >= 4 is 28.6 Å². The molecule has 5 heterocycles. The fourth-order valence-electron chi connectivity index (χ4n) is 7.19. The molecule has 3 saturated heterocycles. The highest BCUT2D eigenvalue weighted by Crippen LogP contribution is 2.37. The number of morpholine rings is 1. The molecule has 43 heavy (non-hydrogen) atoms. The third kappa shape index (κ3) is 6.06. The van der Waals surface area contributed by atoms with Crippen LogP contribution in [0.1, 0.15) is 44.6 Å². The zero-order valence-electron chi connectivity index (χ0n) is 24.9. The normalized spacial score (nSPS) is 26.6. The Morgan fingerprint density at radius 2 is 1.67 bits per heavy atom. The first kappa shape index (κ1) is 28.5. The number of anilines is 2. The van der Waals surface area contributed by atoms with Gasteiger partial charge in [-0.1, -0.05) is 0 Å². The van der Waals surface area contributed by atoms with Gasteiger partial charge in [0.2, 0.25) is 0 Å². The lowest BCUT2D eigenvalue weighted by molar-refractivity contribution is 0.0303. The van der Waals surface area contributed by atoms with E-state index in [1.54, 1.807) is 0 Å². The van der Waals surface area contributed by atoms with Crippen LogP contribution in [-0.2, 0) is 9.47 Å². The van der Waals surface area contributed by atoms with Crippen LogP contribution in [0.2, 0.25) is 0 Å². The second-order valence-corrected chi connectivity index (χ2v) is 12.4. The van der Waals surface area contributed by atoms with Gasteiger partial charge in [0.1, 0.15) is 12.4 Å². The molecule has 3 aliphatic heterocycles. The van der Waals surface area contributed by atoms with Crippen molar-refractivity contribution in [1.29, 1.82) is 0 Å². The largest absolute Gasteiger partial charge is 0.447 e. The first-order valence-electron chi connectivity index (χ1n) is 15.8. The minimum absolute atomic E-state index is 0.0466. The van der Waals surface area contributed by atoms with E-state index in [-0.39, 0.29) is 25.4 Å². The summed E-state index contributed by atoms with van der Waals surface area (Å²) >= 11 is 0. The molecule has 12 nitrogen and oxygen atoms in total. The molecule has 1 aromatic carbocycles. The lowest BCUT2D eigenvalue weighted by Gasteiger charge is -2.41. The number of carbonyl (C=O) groups excluding carboxylic acids is 1. The number of ether oxygens (including phenoxy) is 2. The smallest absolute Gasteiger partial charge is 0.411 e. The van der Waals surface area contributed by atoms with E-state index in [0.29, 0.717) is 23.6 Å². The van der Waals surface area contributed by atoms with Crippen molar-refractivity contribution in [3.8, 4) is 11.4 Å². The van der Waals surface area contributed by atoms with Crippen molar-refractivity contribution in [2.45, 2.75) is 62.8 Å². The molecular formula is C31H42N8O4. The molecule has 7 rings (SSSR count). The molecule has 1 aliphatic carbocycles. The second kappa shape index (κ2) is 12.4. The summed E-state index contributed by atoms with van der Waals surface area (Å²) in [6.07, 6.45) is 8.57. The molecule has 2 unspecified atom stereocenters. The lowest BCUT2D eigenvalue weighted by Crippen LogP contribution is -2.49. The van der Waals surface area contributed by atoms with E-state index in [2.05, 4.69) is 31.7 Å². The molecule has 0 spiro atoms. The van der Waals surface area contributed by atoms with E-state index < -0.39 is 6.09 Å². The summed E-state index contributed by atoms with van der Waals surface area (Å²) in [6, 6.07) is 8.43. The van der Waals surface area contributed by atoms with Gasteiger partial charge in [-0.05, 0) is 69.8 Å². The number of aliphatic hydroxyl groups is 1. The number of fused-ring (bicyclic) bond motifs is 3. The zero-order chi connectivity index (χ0) is 29.3. The molecular weight excluding hydrogens is 548 g/mol. The summed E-state index contributed by atoms with van der Waals surface area (Å²) in [7, 11) is 2.21. The van der Waals surface area contributed by atoms with Crippen LogP contribution in [0.3, 0.4) is 0 Å². The Morgan fingerprint density at radius 1 is 0.977 bits per heavy atom. The van der Waals surface area contributed by atoms with Gasteiger partial charge in [-0.15, -0.1) is 0 Å². The molecule has 2 bridgehead atoms. The third-order valence-electron chi connectivity index (χ3n) is 9.56. The number of nitrogens with zero attached hydrogens (tertiary/aromatic N) is 7. The molecule has 3 aromatic rings. The maximum Gasteiger partial charge on any atom is 0.411 e. The van der Waals surface area contributed by atoms with Gasteiger partial charge in [0.05, 0.1) is 36.4 Å². The van der Waals surface area contributed by atoms with Crippen LogP contribution in [0.4, 0.5) is 16.3 Å². The van der Waals surface area contributed by atoms with E-state index in [1.807, 2.05) is 30.5 Å². The Bertz CT molecular complexity index is 1400. The van der Waals surface area contributed by atoms with Crippen molar-refractivity contribution in [3.05, 3.63) is 30.5 Å². The second-order valence-electron chi connectivity index (χ2n) is 12.4. The predicted molar refractivity (Wildman–Crippen MR) is 163 cm³/mol.